The lowest BCUT2D eigenvalue weighted by Gasteiger charge is -2.25. The molecule has 108 valence electrons. The zero-order valence-electron chi connectivity index (χ0n) is 11.2. The molecule has 2 aromatic heterocycles. The zero-order valence-corrected chi connectivity index (χ0v) is 12.7. The lowest BCUT2D eigenvalue weighted by molar-refractivity contribution is 0.0730. The molecule has 0 N–H and O–H groups in total. The highest BCUT2D eigenvalue weighted by atomic mass is 35.5. The largest absolute Gasteiger partial charge is 0.330 e. The Morgan fingerprint density at radius 2 is 1.95 bits per heavy atom. The van der Waals surface area contributed by atoms with Crippen LogP contribution >= 0.6 is 23.2 Å². The van der Waals surface area contributed by atoms with Crippen molar-refractivity contribution in [3.63, 3.8) is 0 Å². The molecule has 0 aromatic carbocycles. The van der Waals surface area contributed by atoms with Gasteiger partial charge in [0.05, 0.1) is 11.1 Å². The summed E-state index contributed by atoms with van der Waals surface area (Å²) >= 11 is 12.0. The van der Waals surface area contributed by atoms with Crippen LogP contribution < -0.4 is 0 Å². The van der Waals surface area contributed by atoms with Gasteiger partial charge in [0.2, 0.25) is 0 Å². The van der Waals surface area contributed by atoms with Gasteiger partial charge in [0.1, 0.15) is 10.8 Å². The molecule has 1 atom stereocenters. The van der Waals surface area contributed by atoms with Crippen molar-refractivity contribution in [2.24, 2.45) is 0 Å². The Hall–Kier alpha value is -1.65. The van der Waals surface area contributed by atoms with Crippen molar-refractivity contribution >= 4 is 29.1 Å². The number of carbonyl (C=O) groups excluding carboxylic acids is 1. The maximum atomic E-state index is 12.7. The van der Waals surface area contributed by atoms with E-state index in [4.69, 9.17) is 23.2 Å². The van der Waals surface area contributed by atoms with E-state index in [0.717, 1.165) is 18.4 Å². The predicted octanol–water partition coefficient (Wildman–Crippen LogP) is 3.76. The van der Waals surface area contributed by atoms with Crippen molar-refractivity contribution in [2.75, 3.05) is 6.54 Å². The molecule has 4 nitrogen and oxygen atoms in total. The summed E-state index contributed by atoms with van der Waals surface area (Å²) in [6.07, 6.45) is 5.35. The standard InChI is InChI=1S/C15H13Cl2N3O/c16-11-3-4-13(17)19-14(11)15(21)20-9-1-2-12(20)10-5-7-18-8-6-10/h3-8,12H,1-2,9H2. The molecular weight excluding hydrogens is 309 g/mol. The fourth-order valence-electron chi connectivity index (χ4n) is 2.65. The predicted molar refractivity (Wildman–Crippen MR) is 81.5 cm³/mol. The first kappa shape index (κ1) is 14.3. The molecule has 1 amide bonds. The molecule has 2 aromatic rings. The SMILES string of the molecule is O=C(c1nc(Cl)ccc1Cl)N1CCCC1c1ccncc1. The molecular formula is C15H13Cl2N3O. The smallest absolute Gasteiger partial charge is 0.274 e. The van der Waals surface area contributed by atoms with Gasteiger partial charge in [0.25, 0.3) is 5.91 Å². The molecule has 0 bridgehead atoms. The monoisotopic (exact) mass is 321 g/mol. The van der Waals surface area contributed by atoms with Gasteiger partial charge in [-0.25, -0.2) is 4.98 Å². The third-order valence-electron chi connectivity index (χ3n) is 3.62. The van der Waals surface area contributed by atoms with E-state index in [9.17, 15) is 4.79 Å². The second-order valence-corrected chi connectivity index (χ2v) is 5.70. The van der Waals surface area contributed by atoms with Crippen LogP contribution in [0.25, 0.3) is 0 Å². The number of hydrogen-bond donors (Lipinski definition) is 0. The van der Waals surface area contributed by atoms with Gasteiger partial charge in [-0.3, -0.25) is 9.78 Å². The molecule has 1 fully saturated rings. The van der Waals surface area contributed by atoms with Crippen molar-refractivity contribution in [3.05, 3.63) is 58.1 Å². The highest BCUT2D eigenvalue weighted by Crippen LogP contribution is 2.33. The number of pyridine rings is 2. The number of hydrogen-bond acceptors (Lipinski definition) is 3. The summed E-state index contributed by atoms with van der Waals surface area (Å²) in [4.78, 5) is 22.6. The van der Waals surface area contributed by atoms with Gasteiger partial charge < -0.3 is 4.90 Å². The lowest BCUT2D eigenvalue weighted by Crippen LogP contribution is -2.31. The average molecular weight is 322 g/mol. The summed E-state index contributed by atoms with van der Waals surface area (Å²) in [5, 5.41) is 0.590. The Bertz CT molecular complexity index is 663. The number of aromatic nitrogens is 2. The van der Waals surface area contributed by atoms with Gasteiger partial charge in [-0.2, -0.15) is 0 Å². The Balaban J connectivity index is 1.92. The second-order valence-electron chi connectivity index (χ2n) is 4.90. The normalized spacial score (nSPS) is 18.0. The minimum absolute atomic E-state index is 0.0392. The minimum atomic E-state index is -0.179. The molecule has 6 heteroatoms. The molecule has 1 aliphatic rings. The molecule has 3 heterocycles. The van der Waals surface area contributed by atoms with Crippen LogP contribution in [0.4, 0.5) is 0 Å². The molecule has 3 rings (SSSR count). The topological polar surface area (TPSA) is 46.1 Å². The number of carbonyl (C=O) groups is 1. The van der Waals surface area contributed by atoms with E-state index in [2.05, 4.69) is 9.97 Å². The number of rotatable bonds is 2. The third kappa shape index (κ3) is 2.87. The van der Waals surface area contributed by atoms with Crippen molar-refractivity contribution in [2.45, 2.75) is 18.9 Å². The third-order valence-corrected chi connectivity index (χ3v) is 4.13. The van der Waals surface area contributed by atoms with Crippen molar-refractivity contribution < 1.29 is 4.79 Å². The maximum absolute atomic E-state index is 12.7. The fourth-order valence-corrected chi connectivity index (χ4v) is 2.98. The van der Waals surface area contributed by atoms with Gasteiger partial charge in [-0.05, 0) is 42.7 Å². The molecule has 0 spiro atoms. The number of amides is 1. The van der Waals surface area contributed by atoms with E-state index in [-0.39, 0.29) is 22.8 Å². The Kier molecular flexibility index (Phi) is 4.08. The van der Waals surface area contributed by atoms with Crippen molar-refractivity contribution in [1.29, 1.82) is 0 Å². The van der Waals surface area contributed by atoms with E-state index < -0.39 is 0 Å². The lowest BCUT2D eigenvalue weighted by atomic mass is 10.1. The van der Waals surface area contributed by atoms with E-state index in [1.165, 1.54) is 0 Å². The van der Waals surface area contributed by atoms with Gasteiger partial charge in [0.15, 0.2) is 0 Å². The highest BCUT2D eigenvalue weighted by Gasteiger charge is 2.32. The summed E-state index contributed by atoms with van der Waals surface area (Å²) < 4.78 is 0. The first-order valence-electron chi connectivity index (χ1n) is 6.70. The van der Waals surface area contributed by atoms with Crippen LogP contribution in [0.15, 0.2) is 36.7 Å². The van der Waals surface area contributed by atoms with E-state index in [0.29, 0.717) is 11.6 Å². The van der Waals surface area contributed by atoms with Gasteiger partial charge >= 0.3 is 0 Å². The summed E-state index contributed by atoms with van der Waals surface area (Å²) in [6, 6.07) is 7.08. The van der Waals surface area contributed by atoms with Gasteiger partial charge in [-0.1, -0.05) is 23.2 Å². The highest BCUT2D eigenvalue weighted by molar-refractivity contribution is 6.34. The molecule has 1 unspecified atom stereocenters. The van der Waals surface area contributed by atoms with Crippen LogP contribution in [0.5, 0.6) is 0 Å². The summed E-state index contributed by atoms with van der Waals surface area (Å²) in [5.74, 6) is -0.179. The molecule has 0 saturated carbocycles. The maximum Gasteiger partial charge on any atom is 0.274 e. The minimum Gasteiger partial charge on any atom is -0.330 e. The summed E-state index contributed by atoms with van der Waals surface area (Å²) in [7, 11) is 0. The quantitative estimate of drug-likeness (QED) is 0.791. The molecule has 1 aliphatic heterocycles. The Morgan fingerprint density at radius 3 is 2.71 bits per heavy atom. The van der Waals surface area contributed by atoms with Crippen LogP contribution in [-0.4, -0.2) is 27.3 Å². The van der Waals surface area contributed by atoms with E-state index in [1.807, 2.05) is 12.1 Å². The van der Waals surface area contributed by atoms with Gasteiger partial charge in [0, 0.05) is 18.9 Å². The fraction of sp³-hybridized carbons (Fsp3) is 0.267. The first-order chi connectivity index (χ1) is 10.2. The Morgan fingerprint density at radius 1 is 1.19 bits per heavy atom. The summed E-state index contributed by atoms with van der Waals surface area (Å²) in [6.45, 7) is 0.691. The number of halogens is 2. The van der Waals surface area contributed by atoms with Crippen LogP contribution in [-0.2, 0) is 0 Å². The van der Waals surface area contributed by atoms with Crippen molar-refractivity contribution in [3.8, 4) is 0 Å². The first-order valence-corrected chi connectivity index (χ1v) is 7.45. The second kappa shape index (κ2) is 6.00. The van der Waals surface area contributed by atoms with E-state index >= 15 is 0 Å². The average Bonchev–Trinajstić information content (AvgIpc) is 2.99. The van der Waals surface area contributed by atoms with Crippen LogP contribution in [0.3, 0.4) is 0 Å². The van der Waals surface area contributed by atoms with Crippen LogP contribution in [0.1, 0.15) is 34.9 Å². The van der Waals surface area contributed by atoms with Crippen molar-refractivity contribution in [1.82, 2.24) is 14.9 Å². The molecule has 0 radical (unpaired) electrons. The Labute approximate surface area is 132 Å². The molecule has 0 aliphatic carbocycles. The summed E-state index contributed by atoms with van der Waals surface area (Å²) in [5.41, 5.74) is 1.29. The number of likely N-dealkylation sites (tertiary alicyclic amines) is 1. The molecule has 21 heavy (non-hydrogen) atoms. The van der Waals surface area contributed by atoms with E-state index in [1.54, 1.807) is 29.4 Å². The molecule has 1 saturated heterocycles. The van der Waals surface area contributed by atoms with Gasteiger partial charge in [-0.15, -0.1) is 0 Å². The van der Waals surface area contributed by atoms with Crippen LogP contribution in [0.2, 0.25) is 10.2 Å². The number of nitrogens with zero attached hydrogens (tertiary/aromatic N) is 3. The van der Waals surface area contributed by atoms with Crippen LogP contribution in [0, 0.1) is 0 Å². The zero-order chi connectivity index (χ0) is 14.8.